The van der Waals surface area contributed by atoms with Gasteiger partial charge in [-0.25, -0.2) is 0 Å². The molecule has 2 aromatic carbocycles. The number of aliphatic hydroxyl groups excluding tert-OH is 1. The number of benzene rings is 2. The summed E-state index contributed by atoms with van der Waals surface area (Å²) < 4.78 is 0. The summed E-state index contributed by atoms with van der Waals surface area (Å²) in [6.07, 6.45) is 0.765. The largest absolute Gasteiger partial charge is 0.396 e. The standard InChI is InChI=1S/C16H17ClO/c1-12(9-10-18)14-7-8-15(16(17)11-14)13-5-3-2-4-6-13/h2-8,11-12,18H,9-10H2,1H3. The van der Waals surface area contributed by atoms with E-state index in [0.29, 0.717) is 5.92 Å². The molecule has 0 amide bonds. The predicted octanol–water partition coefficient (Wildman–Crippen LogP) is 4.49. The zero-order chi connectivity index (χ0) is 13.0. The highest BCUT2D eigenvalue weighted by Crippen LogP contribution is 2.31. The maximum Gasteiger partial charge on any atom is 0.0487 e. The highest BCUT2D eigenvalue weighted by atomic mass is 35.5. The van der Waals surface area contributed by atoms with Gasteiger partial charge in [-0.05, 0) is 29.5 Å². The molecule has 0 aromatic heterocycles. The van der Waals surface area contributed by atoms with Crippen molar-refractivity contribution in [3.05, 3.63) is 59.1 Å². The van der Waals surface area contributed by atoms with Gasteiger partial charge in [0.15, 0.2) is 0 Å². The van der Waals surface area contributed by atoms with E-state index in [9.17, 15) is 0 Å². The molecule has 0 aliphatic heterocycles. The summed E-state index contributed by atoms with van der Waals surface area (Å²) in [6.45, 7) is 2.31. The number of hydrogen-bond acceptors (Lipinski definition) is 1. The summed E-state index contributed by atoms with van der Waals surface area (Å²) in [4.78, 5) is 0. The van der Waals surface area contributed by atoms with Crippen molar-refractivity contribution < 1.29 is 5.11 Å². The van der Waals surface area contributed by atoms with Crippen LogP contribution in [0.15, 0.2) is 48.5 Å². The molecule has 1 atom stereocenters. The molecule has 0 saturated carbocycles. The van der Waals surface area contributed by atoms with Gasteiger partial charge in [0, 0.05) is 17.2 Å². The molecule has 2 heteroatoms. The van der Waals surface area contributed by atoms with Gasteiger partial charge in [0.05, 0.1) is 0 Å². The molecular formula is C16H17ClO. The normalized spacial score (nSPS) is 12.4. The molecule has 94 valence electrons. The van der Waals surface area contributed by atoms with Crippen molar-refractivity contribution in [1.29, 1.82) is 0 Å². The van der Waals surface area contributed by atoms with Crippen LogP contribution in [0.4, 0.5) is 0 Å². The minimum atomic E-state index is 0.208. The first-order valence-corrected chi connectivity index (χ1v) is 6.56. The monoisotopic (exact) mass is 260 g/mol. The average molecular weight is 261 g/mol. The van der Waals surface area contributed by atoms with E-state index in [-0.39, 0.29) is 6.61 Å². The van der Waals surface area contributed by atoms with Crippen molar-refractivity contribution in [3.63, 3.8) is 0 Å². The Morgan fingerprint density at radius 1 is 1.11 bits per heavy atom. The van der Waals surface area contributed by atoms with Gasteiger partial charge in [-0.2, -0.15) is 0 Å². The highest BCUT2D eigenvalue weighted by Gasteiger charge is 2.08. The molecule has 0 bridgehead atoms. The van der Waals surface area contributed by atoms with Crippen LogP contribution in [-0.4, -0.2) is 11.7 Å². The van der Waals surface area contributed by atoms with Crippen molar-refractivity contribution in [2.75, 3.05) is 6.61 Å². The third-order valence-corrected chi connectivity index (χ3v) is 3.52. The Morgan fingerprint density at radius 3 is 2.44 bits per heavy atom. The van der Waals surface area contributed by atoms with Crippen LogP contribution in [0.2, 0.25) is 5.02 Å². The van der Waals surface area contributed by atoms with Crippen LogP contribution in [0.3, 0.4) is 0 Å². The van der Waals surface area contributed by atoms with Crippen LogP contribution in [-0.2, 0) is 0 Å². The molecule has 1 nitrogen and oxygen atoms in total. The fourth-order valence-electron chi connectivity index (χ4n) is 2.05. The van der Waals surface area contributed by atoms with Crippen LogP contribution in [0, 0.1) is 0 Å². The number of halogens is 1. The van der Waals surface area contributed by atoms with E-state index in [1.54, 1.807) is 0 Å². The van der Waals surface area contributed by atoms with E-state index in [0.717, 1.165) is 22.6 Å². The Balaban J connectivity index is 2.31. The van der Waals surface area contributed by atoms with E-state index in [4.69, 9.17) is 16.7 Å². The van der Waals surface area contributed by atoms with Gasteiger partial charge in [-0.3, -0.25) is 0 Å². The minimum absolute atomic E-state index is 0.208. The Hall–Kier alpha value is -1.31. The Kier molecular flexibility index (Phi) is 4.40. The van der Waals surface area contributed by atoms with Gasteiger partial charge in [-0.1, -0.05) is 61.0 Å². The molecule has 0 radical (unpaired) electrons. The first-order chi connectivity index (χ1) is 8.72. The lowest BCUT2D eigenvalue weighted by molar-refractivity contribution is 0.278. The summed E-state index contributed by atoms with van der Waals surface area (Å²) >= 11 is 6.35. The molecule has 0 spiro atoms. The van der Waals surface area contributed by atoms with Crippen LogP contribution in [0.5, 0.6) is 0 Å². The summed E-state index contributed by atoms with van der Waals surface area (Å²) in [5.74, 6) is 0.331. The quantitative estimate of drug-likeness (QED) is 0.859. The maximum atomic E-state index is 8.97. The summed E-state index contributed by atoms with van der Waals surface area (Å²) in [5, 5.41) is 9.73. The second kappa shape index (κ2) is 6.03. The van der Waals surface area contributed by atoms with Crippen molar-refractivity contribution in [1.82, 2.24) is 0 Å². The molecule has 2 aromatic rings. The summed E-state index contributed by atoms with van der Waals surface area (Å²) in [7, 11) is 0. The third kappa shape index (κ3) is 2.92. The molecule has 0 saturated heterocycles. The zero-order valence-electron chi connectivity index (χ0n) is 10.4. The lowest BCUT2D eigenvalue weighted by Crippen LogP contribution is -1.97. The summed E-state index contributed by atoms with van der Waals surface area (Å²) in [5.41, 5.74) is 3.36. The van der Waals surface area contributed by atoms with E-state index in [1.165, 1.54) is 5.56 Å². The molecule has 0 aliphatic rings. The average Bonchev–Trinajstić information content (AvgIpc) is 2.40. The lowest BCUT2D eigenvalue weighted by Gasteiger charge is -2.12. The number of rotatable bonds is 4. The van der Waals surface area contributed by atoms with Gasteiger partial charge in [0.25, 0.3) is 0 Å². The van der Waals surface area contributed by atoms with Crippen molar-refractivity contribution in [2.24, 2.45) is 0 Å². The number of hydrogen-bond donors (Lipinski definition) is 1. The van der Waals surface area contributed by atoms with Crippen LogP contribution in [0.25, 0.3) is 11.1 Å². The smallest absolute Gasteiger partial charge is 0.0487 e. The first kappa shape index (κ1) is 13.1. The van der Waals surface area contributed by atoms with Crippen LogP contribution < -0.4 is 0 Å². The maximum absolute atomic E-state index is 8.97. The van der Waals surface area contributed by atoms with Crippen LogP contribution in [0.1, 0.15) is 24.8 Å². The fourth-order valence-corrected chi connectivity index (χ4v) is 2.35. The van der Waals surface area contributed by atoms with Gasteiger partial charge in [0.2, 0.25) is 0 Å². The van der Waals surface area contributed by atoms with Crippen LogP contribution >= 0.6 is 11.6 Å². The molecular weight excluding hydrogens is 244 g/mol. The Labute approximate surface area is 113 Å². The van der Waals surface area contributed by atoms with E-state index in [2.05, 4.69) is 31.2 Å². The molecule has 0 fully saturated rings. The van der Waals surface area contributed by atoms with Gasteiger partial charge in [-0.15, -0.1) is 0 Å². The second-order valence-corrected chi connectivity index (χ2v) is 4.93. The Bertz CT molecular complexity index is 508. The predicted molar refractivity (Wildman–Crippen MR) is 77.0 cm³/mol. The molecule has 2 rings (SSSR count). The van der Waals surface area contributed by atoms with Crippen molar-refractivity contribution in [2.45, 2.75) is 19.3 Å². The first-order valence-electron chi connectivity index (χ1n) is 6.18. The highest BCUT2D eigenvalue weighted by molar-refractivity contribution is 6.33. The third-order valence-electron chi connectivity index (χ3n) is 3.21. The lowest BCUT2D eigenvalue weighted by atomic mass is 9.95. The molecule has 0 heterocycles. The zero-order valence-corrected chi connectivity index (χ0v) is 11.2. The van der Waals surface area contributed by atoms with Gasteiger partial charge >= 0.3 is 0 Å². The van der Waals surface area contributed by atoms with Crippen molar-refractivity contribution >= 4 is 11.6 Å². The minimum Gasteiger partial charge on any atom is -0.396 e. The SMILES string of the molecule is CC(CCO)c1ccc(-c2ccccc2)c(Cl)c1. The van der Waals surface area contributed by atoms with E-state index < -0.39 is 0 Å². The Morgan fingerprint density at radius 2 is 1.83 bits per heavy atom. The second-order valence-electron chi connectivity index (χ2n) is 4.52. The molecule has 1 unspecified atom stereocenters. The molecule has 0 aliphatic carbocycles. The van der Waals surface area contributed by atoms with Gasteiger partial charge in [0.1, 0.15) is 0 Å². The topological polar surface area (TPSA) is 20.2 Å². The van der Waals surface area contributed by atoms with Gasteiger partial charge < -0.3 is 5.11 Å². The number of aliphatic hydroxyl groups is 1. The molecule has 18 heavy (non-hydrogen) atoms. The summed E-state index contributed by atoms with van der Waals surface area (Å²) in [6, 6.07) is 16.3. The fraction of sp³-hybridized carbons (Fsp3) is 0.250. The van der Waals surface area contributed by atoms with Crippen molar-refractivity contribution in [3.8, 4) is 11.1 Å². The molecule has 1 N–H and O–H groups in total. The van der Waals surface area contributed by atoms with E-state index >= 15 is 0 Å². The van der Waals surface area contributed by atoms with E-state index in [1.807, 2.05) is 24.3 Å².